The van der Waals surface area contributed by atoms with E-state index in [1.54, 1.807) is 18.2 Å². The highest BCUT2D eigenvalue weighted by molar-refractivity contribution is 7.91. The predicted molar refractivity (Wildman–Crippen MR) is 70.8 cm³/mol. The first-order chi connectivity index (χ1) is 9.40. The van der Waals surface area contributed by atoms with Crippen molar-refractivity contribution < 1.29 is 23.1 Å². The van der Waals surface area contributed by atoms with Crippen molar-refractivity contribution in [3.8, 4) is 0 Å². The molecule has 1 aromatic rings. The van der Waals surface area contributed by atoms with Crippen molar-refractivity contribution in [3.63, 3.8) is 0 Å². The Morgan fingerprint density at radius 3 is 2.35 bits per heavy atom. The molecule has 0 atom stereocenters. The first kappa shape index (κ1) is 14.5. The lowest BCUT2D eigenvalue weighted by molar-refractivity contribution is -0.152. The van der Waals surface area contributed by atoms with E-state index in [0.29, 0.717) is 0 Å². The Morgan fingerprint density at radius 1 is 1.20 bits per heavy atom. The molecule has 1 fully saturated rings. The number of aliphatic carboxylic acids is 1. The molecule has 6 nitrogen and oxygen atoms in total. The van der Waals surface area contributed by atoms with E-state index in [1.807, 2.05) is 0 Å². The van der Waals surface area contributed by atoms with Crippen molar-refractivity contribution in [1.82, 2.24) is 4.90 Å². The summed E-state index contributed by atoms with van der Waals surface area (Å²) in [6, 6.07) is 7.95. The van der Waals surface area contributed by atoms with Gasteiger partial charge in [-0.25, -0.2) is 8.42 Å². The summed E-state index contributed by atoms with van der Waals surface area (Å²) in [7, 11) is -3.47. The van der Waals surface area contributed by atoms with E-state index >= 15 is 0 Å². The molecular formula is C13H15NO5S. The minimum absolute atomic E-state index is 0.121. The molecule has 1 saturated heterocycles. The summed E-state index contributed by atoms with van der Waals surface area (Å²) >= 11 is 0. The lowest BCUT2D eigenvalue weighted by atomic mass is 10.0. The lowest BCUT2D eigenvalue weighted by Gasteiger charge is -2.36. The molecule has 1 aliphatic heterocycles. The molecule has 0 aromatic heterocycles. The van der Waals surface area contributed by atoms with Crippen molar-refractivity contribution in [2.24, 2.45) is 5.92 Å². The molecule has 0 spiro atoms. The zero-order valence-electron chi connectivity index (χ0n) is 10.7. The monoisotopic (exact) mass is 297 g/mol. The Balaban J connectivity index is 1.87. The van der Waals surface area contributed by atoms with Crippen molar-refractivity contribution in [1.29, 1.82) is 0 Å². The Kier molecular flexibility index (Phi) is 4.08. The quantitative estimate of drug-likeness (QED) is 0.849. The summed E-state index contributed by atoms with van der Waals surface area (Å²) in [6.07, 6.45) is -0.121. The maximum atomic E-state index is 12.0. The van der Waals surface area contributed by atoms with E-state index in [1.165, 1.54) is 17.0 Å². The molecule has 7 heteroatoms. The van der Waals surface area contributed by atoms with Crippen LogP contribution in [0.1, 0.15) is 6.42 Å². The summed E-state index contributed by atoms with van der Waals surface area (Å²) in [5.41, 5.74) is 0. The number of amides is 1. The highest BCUT2D eigenvalue weighted by atomic mass is 32.2. The van der Waals surface area contributed by atoms with Crippen LogP contribution in [0.4, 0.5) is 0 Å². The Hall–Kier alpha value is -1.89. The Morgan fingerprint density at radius 2 is 1.80 bits per heavy atom. The zero-order chi connectivity index (χ0) is 14.8. The molecule has 0 unspecified atom stereocenters. The number of carboxylic acids is 1. The second-order valence-electron chi connectivity index (χ2n) is 4.72. The number of hydrogen-bond donors (Lipinski definition) is 1. The van der Waals surface area contributed by atoms with E-state index in [9.17, 15) is 18.0 Å². The molecule has 0 aliphatic carbocycles. The van der Waals surface area contributed by atoms with Gasteiger partial charge in [-0.3, -0.25) is 9.59 Å². The lowest BCUT2D eigenvalue weighted by Crippen LogP contribution is -2.53. The normalized spacial score (nSPS) is 15.7. The second-order valence-corrected chi connectivity index (χ2v) is 6.82. The first-order valence-corrected chi connectivity index (χ1v) is 7.84. The zero-order valence-corrected chi connectivity index (χ0v) is 11.5. The third-order valence-electron chi connectivity index (χ3n) is 3.27. The Bertz CT molecular complexity index is 605. The molecular weight excluding hydrogens is 282 g/mol. The third-order valence-corrected chi connectivity index (χ3v) is 5.00. The highest BCUT2D eigenvalue weighted by Gasteiger charge is 2.35. The molecule has 0 saturated carbocycles. The van der Waals surface area contributed by atoms with Gasteiger partial charge in [-0.15, -0.1) is 0 Å². The maximum Gasteiger partial charge on any atom is 0.310 e. The maximum absolute atomic E-state index is 12.0. The van der Waals surface area contributed by atoms with Crippen molar-refractivity contribution in [2.45, 2.75) is 11.3 Å². The van der Waals surface area contributed by atoms with Crippen LogP contribution in [-0.4, -0.2) is 49.1 Å². The molecule has 1 aliphatic rings. The highest BCUT2D eigenvalue weighted by Crippen LogP contribution is 2.18. The summed E-state index contributed by atoms with van der Waals surface area (Å²) in [4.78, 5) is 23.9. The van der Waals surface area contributed by atoms with Crippen LogP contribution in [0.15, 0.2) is 35.2 Å². The number of benzene rings is 1. The number of rotatable bonds is 5. The van der Waals surface area contributed by atoms with Crippen molar-refractivity contribution in [3.05, 3.63) is 30.3 Å². The summed E-state index contributed by atoms with van der Waals surface area (Å²) in [5.74, 6) is -2.03. The Labute approximate surface area is 116 Å². The van der Waals surface area contributed by atoms with Crippen LogP contribution in [0.3, 0.4) is 0 Å². The van der Waals surface area contributed by atoms with Crippen LogP contribution in [0.5, 0.6) is 0 Å². The van der Waals surface area contributed by atoms with Gasteiger partial charge in [0, 0.05) is 19.5 Å². The van der Waals surface area contributed by atoms with Crippen molar-refractivity contribution in [2.75, 3.05) is 18.8 Å². The average molecular weight is 297 g/mol. The molecule has 1 N–H and O–H groups in total. The molecule has 0 radical (unpaired) electrons. The number of carboxylic acid groups (broad SMARTS) is 1. The SMILES string of the molecule is O=C(O)C1CN(C(=O)CCS(=O)(=O)c2ccccc2)C1. The topological polar surface area (TPSA) is 91.8 Å². The van der Waals surface area contributed by atoms with E-state index in [4.69, 9.17) is 5.11 Å². The molecule has 1 amide bonds. The van der Waals surface area contributed by atoms with Gasteiger partial charge < -0.3 is 10.0 Å². The van der Waals surface area contributed by atoms with E-state index in [2.05, 4.69) is 0 Å². The van der Waals surface area contributed by atoms with Gasteiger partial charge in [0.2, 0.25) is 5.91 Å². The van der Waals surface area contributed by atoms with Crippen molar-refractivity contribution >= 4 is 21.7 Å². The number of carbonyl (C=O) groups excluding carboxylic acids is 1. The van der Waals surface area contributed by atoms with Crippen LogP contribution in [0.25, 0.3) is 0 Å². The van der Waals surface area contributed by atoms with E-state index < -0.39 is 21.7 Å². The van der Waals surface area contributed by atoms with Gasteiger partial charge in [0.05, 0.1) is 16.6 Å². The molecule has 1 aromatic carbocycles. The summed E-state index contributed by atoms with van der Waals surface area (Å²) < 4.78 is 23.9. The fraction of sp³-hybridized carbons (Fsp3) is 0.385. The fourth-order valence-corrected chi connectivity index (χ4v) is 3.21. The molecule has 0 bridgehead atoms. The summed E-state index contributed by atoms with van der Waals surface area (Å²) in [5, 5.41) is 8.71. The smallest absolute Gasteiger partial charge is 0.310 e. The van der Waals surface area contributed by atoms with Gasteiger partial charge in [0.1, 0.15) is 0 Å². The summed E-state index contributed by atoms with van der Waals surface area (Å²) in [6.45, 7) is 0.332. The average Bonchev–Trinajstić information content (AvgIpc) is 2.35. The van der Waals surface area contributed by atoms with Crippen LogP contribution >= 0.6 is 0 Å². The van der Waals surface area contributed by atoms with Crippen LogP contribution in [-0.2, 0) is 19.4 Å². The molecule has 1 heterocycles. The minimum Gasteiger partial charge on any atom is -0.481 e. The fourth-order valence-electron chi connectivity index (χ4n) is 1.96. The van der Waals surface area contributed by atoms with Crippen LogP contribution < -0.4 is 0 Å². The number of carbonyl (C=O) groups is 2. The number of hydrogen-bond acceptors (Lipinski definition) is 4. The van der Waals surface area contributed by atoms with Crippen LogP contribution in [0.2, 0.25) is 0 Å². The largest absolute Gasteiger partial charge is 0.481 e. The van der Waals surface area contributed by atoms with Gasteiger partial charge in [0.25, 0.3) is 0 Å². The predicted octanol–water partition coefficient (Wildman–Crippen LogP) is 0.393. The number of nitrogens with zero attached hydrogens (tertiary/aromatic N) is 1. The first-order valence-electron chi connectivity index (χ1n) is 6.18. The number of sulfone groups is 1. The van der Waals surface area contributed by atoms with Gasteiger partial charge in [-0.2, -0.15) is 0 Å². The van der Waals surface area contributed by atoms with E-state index in [0.717, 1.165) is 0 Å². The van der Waals surface area contributed by atoms with Gasteiger partial charge in [0.15, 0.2) is 9.84 Å². The standard InChI is InChI=1S/C13H15NO5S/c15-12(14-8-10(9-14)13(16)17)6-7-20(18,19)11-4-2-1-3-5-11/h1-5,10H,6-9H2,(H,16,17). The van der Waals surface area contributed by atoms with Crippen LogP contribution in [0, 0.1) is 5.92 Å². The number of likely N-dealkylation sites (tertiary alicyclic amines) is 1. The van der Waals surface area contributed by atoms with Gasteiger partial charge >= 0.3 is 5.97 Å². The third kappa shape index (κ3) is 3.16. The molecule has 2 rings (SSSR count). The molecule has 20 heavy (non-hydrogen) atoms. The van der Waals surface area contributed by atoms with E-state index in [-0.39, 0.29) is 36.1 Å². The molecule has 108 valence electrons. The van der Waals surface area contributed by atoms with Gasteiger partial charge in [-0.1, -0.05) is 18.2 Å². The van der Waals surface area contributed by atoms with Gasteiger partial charge in [-0.05, 0) is 12.1 Å². The second kappa shape index (κ2) is 5.62. The minimum atomic E-state index is -3.47.